The van der Waals surface area contributed by atoms with E-state index in [0.717, 1.165) is 11.1 Å². The summed E-state index contributed by atoms with van der Waals surface area (Å²) < 4.78 is 0. The molecule has 4 rings (SSSR count). The first-order valence-corrected chi connectivity index (χ1v) is 12.7. The average molecular weight is 517 g/mol. The molecule has 198 valence electrons. The highest BCUT2D eigenvalue weighted by Gasteiger charge is 2.52. The summed E-state index contributed by atoms with van der Waals surface area (Å²) in [5, 5.41) is 15.3. The standard InChI is InChI=1S/C29H32N4O5/c1-3-16-31-19-26(34)32-24(14-15-27(35)36)28(37)23(20(2)22-12-8-5-9-13-22)17-25(32)33(31)29(38)30-18-21-10-6-4-7-11-21/h1,4-13,20,23-25H,14-19H2,2H3,(H,30,38)(H,35,36)/t20-,23?,24+,25+/m1/s1. The molecular formula is C29H32N4O5. The van der Waals surface area contributed by atoms with E-state index in [4.69, 9.17) is 6.42 Å². The lowest BCUT2D eigenvalue weighted by Gasteiger charge is -2.54. The predicted molar refractivity (Wildman–Crippen MR) is 140 cm³/mol. The van der Waals surface area contributed by atoms with Crippen molar-refractivity contribution in [2.75, 3.05) is 13.1 Å². The zero-order chi connectivity index (χ0) is 27.2. The molecule has 2 heterocycles. The molecule has 2 fully saturated rings. The third-order valence-corrected chi connectivity index (χ3v) is 7.34. The lowest BCUT2D eigenvalue weighted by atomic mass is 9.75. The quantitative estimate of drug-likeness (QED) is 0.522. The Balaban J connectivity index is 1.69. The number of fused-ring (bicyclic) bond motifs is 1. The molecule has 2 N–H and O–H groups in total. The van der Waals surface area contributed by atoms with Crippen molar-refractivity contribution < 1.29 is 24.3 Å². The van der Waals surface area contributed by atoms with Crippen LogP contribution in [0.15, 0.2) is 60.7 Å². The number of hydrazine groups is 1. The molecule has 2 aliphatic heterocycles. The molecule has 2 aliphatic rings. The third-order valence-electron chi connectivity index (χ3n) is 7.34. The number of piperidine rings is 1. The minimum atomic E-state index is -1.05. The molecule has 0 aromatic heterocycles. The topological polar surface area (TPSA) is 110 Å². The van der Waals surface area contributed by atoms with Crippen molar-refractivity contribution in [3.8, 4) is 12.3 Å². The van der Waals surface area contributed by atoms with Gasteiger partial charge in [0.25, 0.3) is 0 Å². The fourth-order valence-corrected chi connectivity index (χ4v) is 5.45. The number of terminal acetylenes is 1. The molecule has 38 heavy (non-hydrogen) atoms. The van der Waals surface area contributed by atoms with E-state index in [1.54, 1.807) is 0 Å². The fraction of sp³-hybridized carbons (Fsp3) is 0.379. The van der Waals surface area contributed by atoms with Crippen LogP contribution in [0.3, 0.4) is 0 Å². The van der Waals surface area contributed by atoms with Crippen LogP contribution in [0.2, 0.25) is 0 Å². The van der Waals surface area contributed by atoms with Crippen LogP contribution >= 0.6 is 0 Å². The molecule has 1 unspecified atom stereocenters. The molecule has 0 saturated carbocycles. The lowest BCUT2D eigenvalue weighted by molar-refractivity contribution is -0.184. The predicted octanol–water partition coefficient (Wildman–Crippen LogP) is 2.84. The third kappa shape index (κ3) is 5.71. The van der Waals surface area contributed by atoms with Gasteiger partial charge in [-0.15, -0.1) is 6.42 Å². The average Bonchev–Trinajstić information content (AvgIpc) is 2.92. The highest BCUT2D eigenvalue weighted by molar-refractivity contribution is 5.94. The van der Waals surface area contributed by atoms with E-state index in [0.29, 0.717) is 0 Å². The molecule has 9 heteroatoms. The number of hydrogen-bond acceptors (Lipinski definition) is 5. The Morgan fingerprint density at radius 1 is 1.11 bits per heavy atom. The van der Waals surface area contributed by atoms with Crippen molar-refractivity contribution in [1.82, 2.24) is 20.2 Å². The molecule has 0 aliphatic carbocycles. The second-order valence-electron chi connectivity index (χ2n) is 9.69. The van der Waals surface area contributed by atoms with E-state index >= 15 is 0 Å². The Labute approximate surface area is 222 Å². The van der Waals surface area contributed by atoms with Crippen LogP contribution in [-0.4, -0.2) is 69.0 Å². The van der Waals surface area contributed by atoms with Crippen LogP contribution in [0.4, 0.5) is 4.79 Å². The molecule has 2 saturated heterocycles. The highest BCUT2D eigenvalue weighted by Crippen LogP contribution is 2.39. The van der Waals surface area contributed by atoms with E-state index in [1.807, 2.05) is 67.6 Å². The van der Waals surface area contributed by atoms with Crippen molar-refractivity contribution in [2.45, 2.75) is 50.9 Å². The summed E-state index contributed by atoms with van der Waals surface area (Å²) in [5.74, 6) is 0.205. The van der Waals surface area contributed by atoms with Gasteiger partial charge in [0, 0.05) is 18.9 Å². The summed E-state index contributed by atoms with van der Waals surface area (Å²) in [6.45, 7) is 2.06. The molecule has 0 bridgehead atoms. The van der Waals surface area contributed by atoms with Gasteiger partial charge in [-0.05, 0) is 29.9 Å². The van der Waals surface area contributed by atoms with Crippen LogP contribution in [-0.2, 0) is 20.9 Å². The first-order chi connectivity index (χ1) is 18.3. The Hall–Kier alpha value is -4.16. The zero-order valence-electron chi connectivity index (χ0n) is 21.3. The van der Waals surface area contributed by atoms with Gasteiger partial charge < -0.3 is 15.3 Å². The number of Topliss-reactive ketones (excluding diaryl/α,β-unsaturated/α-hetero) is 1. The number of amides is 3. The Morgan fingerprint density at radius 3 is 2.39 bits per heavy atom. The smallest absolute Gasteiger partial charge is 0.334 e. The van der Waals surface area contributed by atoms with Gasteiger partial charge in [0.15, 0.2) is 5.78 Å². The number of carboxylic acid groups (broad SMARTS) is 1. The second-order valence-corrected chi connectivity index (χ2v) is 9.69. The molecule has 2 aromatic rings. The molecule has 9 nitrogen and oxygen atoms in total. The lowest BCUT2D eigenvalue weighted by Crippen LogP contribution is -2.73. The molecule has 2 aromatic carbocycles. The number of urea groups is 1. The summed E-state index contributed by atoms with van der Waals surface area (Å²) >= 11 is 0. The van der Waals surface area contributed by atoms with Crippen molar-refractivity contribution in [2.24, 2.45) is 5.92 Å². The number of rotatable bonds is 8. The van der Waals surface area contributed by atoms with E-state index < -0.39 is 30.1 Å². The minimum absolute atomic E-state index is 0.0248. The van der Waals surface area contributed by atoms with E-state index in [1.165, 1.54) is 14.9 Å². The van der Waals surface area contributed by atoms with Crippen LogP contribution in [0, 0.1) is 18.3 Å². The summed E-state index contributed by atoms with van der Waals surface area (Å²) in [7, 11) is 0. The Bertz CT molecular complexity index is 1210. The molecule has 4 atom stereocenters. The Kier molecular flexibility index (Phi) is 8.44. The van der Waals surface area contributed by atoms with Crippen LogP contribution in [0.1, 0.15) is 43.2 Å². The Morgan fingerprint density at radius 2 is 1.76 bits per heavy atom. The largest absolute Gasteiger partial charge is 0.481 e. The van der Waals surface area contributed by atoms with E-state index in [2.05, 4.69) is 11.2 Å². The first-order valence-electron chi connectivity index (χ1n) is 12.7. The van der Waals surface area contributed by atoms with E-state index in [-0.39, 0.29) is 56.5 Å². The van der Waals surface area contributed by atoms with E-state index in [9.17, 15) is 24.3 Å². The fourth-order valence-electron chi connectivity index (χ4n) is 5.45. The number of carboxylic acids is 1. The maximum absolute atomic E-state index is 13.8. The van der Waals surface area contributed by atoms with Gasteiger partial charge in [0.05, 0.1) is 19.1 Å². The number of hydrogen-bond donors (Lipinski definition) is 2. The van der Waals surface area contributed by atoms with Crippen LogP contribution < -0.4 is 5.32 Å². The van der Waals surface area contributed by atoms with Gasteiger partial charge in [-0.1, -0.05) is 73.5 Å². The van der Waals surface area contributed by atoms with Crippen molar-refractivity contribution >= 4 is 23.7 Å². The number of ketones is 1. The first kappa shape index (κ1) is 26.9. The minimum Gasteiger partial charge on any atom is -0.481 e. The van der Waals surface area contributed by atoms with Gasteiger partial charge in [0.2, 0.25) is 5.91 Å². The normalized spacial score (nSPS) is 22.4. The maximum Gasteiger partial charge on any atom is 0.334 e. The van der Waals surface area contributed by atoms with Gasteiger partial charge in [-0.3, -0.25) is 14.4 Å². The summed E-state index contributed by atoms with van der Waals surface area (Å²) in [4.78, 5) is 53.6. The molecule has 0 spiro atoms. The van der Waals surface area contributed by atoms with Crippen LogP contribution in [0.25, 0.3) is 0 Å². The number of carbonyl (C=O) groups is 4. The number of nitrogens with one attached hydrogen (secondary N) is 1. The summed E-state index contributed by atoms with van der Waals surface area (Å²) in [6.07, 6.45) is 4.72. The zero-order valence-corrected chi connectivity index (χ0v) is 21.3. The summed E-state index contributed by atoms with van der Waals surface area (Å²) in [5.41, 5.74) is 1.86. The SMILES string of the molecule is C#CCN1CC(=O)N2[C@@H](CCC(=O)O)C(=O)C([C@H](C)c3ccccc3)C[C@@H]2N1C(=O)NCc1ccccc1. The number of benzene rings is 2. The maximum atomic E-state index is 13.8. The van der Waals surface area contributed by atoms with Crippen molar-refractivity contribution in [1.29, 1.82) is 0 Å². The van der Waals surface area contributed by atoms with Crippen molar-refractivity contribution in [3.05, 3.63) is 71.8 Å². The van der Waals surface area contributed by atoms with Gasteiger partial charge >= 0.3 is 12.0 Å². The molecular weight excluding hydrogens is 484 g/mol. The second kappa shape index (κ2) is 11.9. The molecule has 3 amide bonds. The van der Waals surface area contributed by atoms with Crippen LogP contribution in [0.5, 0.6) is 0 Å². The van der Waals surface area contributed by atoms with Crippen molar-refractivity contribution in [3.63, 3.8) is 0 Å². The highest BCUT2D eigenvalue weighted by atomic mass is 16.4. The summed E-state index contributed by atoms with van der Waals surface area (Å²) in [6, 6.07) is 17.6. The van der Waals surface area contributed by atoms with Gasteiger partial charge in [-0.2, -0.15) is 5.01 Å². The van der Waals surface area contributed by atoms with Gasteiger partial charge in [-0.25, -0.2) is 9.80 Å². The monoisotopic (exact) mass is 516 g/mol. The van der Waals surface area contributed by atoms with Gasteiger partial charge in [0.1, 0.15) is 6.17 Å². The molecule has 0 radical (unpaired) electrons. The number of carbonyl (C=O) groups excluding carboxylic acids is 3. The number of nitrogens with zero attached hydrogens (tertiary/aromatic N) is 3. The number of aliphatic carboxylic acids is 1.